The van der Waals surface area contributed by atoms with Crippen molar-refractivity contribution in [2.75, 3.05) is 0 Å². The quantitative estimate of drug-likeness (QED) is 0.869. The van der Waals surface area contributed by atoms with Gasteiger partial charge in [-0.1, -0.05) is 13.8 Å². The molecular formula is C9H12BrNO3. The van der Waals surface area contributed by atoms with Gasteiger partial charge in [0.05, 0.1) is 0 Å². The number of furan rings is 1. The number of rotatable bonds is 3. The molecule has 1 aromatic rings. The maximum absolute atomic E-state index is 10.7. The Morgan fingerprint density at radius 2 is 2.21 bits per heavy atom. The zero-order valence-corrected chi connectivity index (χ0v) is 9.54. The average Bonchev–Trinajstić information content (AvgIpc) is 2.50. The van der Waals surface area contributed by atoms with E-state index in [1.165, 1.54) is 0 Å². The number of halogens is 1. The second kappa shape index (κ2) is 3.74. The summed E-state index contributed by atoms with van der Waals surface area (Å²) in [6.45, 7) is 3.47. The SMILES string of the molecule is CC(C)(c1ccc(Br)o1)C(N)C(=O)O. The van der Waals surface area contributed by atoms with Crippen molar-refractivity contribution in [3.63, 3.8) is 0 Å². The molecule has 1 atom stereocenters. The summed E-state index contributed by atoms with van der Waals surface area (Å²) < 4.78 is 5.86. The molecule has 0 aliphatic rings. The molecule has 0 bridgehead atoms. The molecule has 4 nitrogen and oxygen atoms in total. The summed E-state index contributed by atoms with van der Waals surface area (Å²) in [5.41, 5.74) is 4.84. The van der Waals surface area contributed by atoms with Crippen molar-refractivity contribution >= 4 is 21.9 Å². The number of carbonyl (C=O) groups is 1. The molecule has 0 saturated heterocycles. The van der Waals surface area contributed by atoms with Crippen LogP contribution in [0.5, 0.6) is 0 Å². The van der Waals surface area contributed by atoms with Crippen molar-refractivity contribution in [2.45, 2.75) is 25.3 Å². The van der Waals surface area contributed by atoms with Crippen molar-refractivity contribution in [1.29, 1.82) is 0 Å². The van der Waals surface area contributed by atoms with Crippen LogP contribution in [0.2, 0.25) is 0 Å². The van der Waals surface area contributed by atoms with Crippen LogP contribution in [-0.4, -0.2) is 17.1 Å². The van der Waals surface area contributed by atoms with Crippen molar-refractivity contribution in [3.05, 3.63) is 22.6 Å². The van der Waals surface area contributed by atoms with E-state index < -0.39 is 17.4 Å². The fourth-order valence-electron chi connectivity index (χ4n) is 1.12. The van der Waals surface area contributed by atoms with Crippen LogP contribution in [0.25, 0.3) is 0 Å². The summed E-state index contributed by atoms with van der Waals surface area (Å²) >= 11 is 3.16. The van der Waals surface area contributed by atoms with Crippen LogP contribution in [0.3, 0.4) is 0 Å². The molecule has 0 aromatic carbocycles. The Morgan fingerprint density at radius 3 is 2.57 bits per heavy atom. The highest BCUT2D eigenvalue weighted by molar-refractivity contribution is 9.10. The van der Waals surface area contributed by atoms with Gasteiger partial charge >= 0.3 is 5.97 Å². The standard InChI is InChI=1S/C9H12BrNO3/c1-9(2,7(11)8(12)13)5-3-4-6(10)14-5/h3-4,7H,11H2,1-2H3,(H,12,13). The number of hydrogen-bond donors (Lipinski definition) is 2. The number of carboxylic acid groups (broad SMARTS) is 1. The number of hydrogen-bond acceptors (Lipinski definition) is 3. The first kappa shape index (κ1) is 11.3. The van der Waals surface area contributed by atoms with Crippen LogP contribution in [0.15, 0.2) is 21.2 Å². The number of nitrogens with two attached hydrogens (primary N) is 1. The van der Waals surface area contributed by atoms with Gasteiger partial charge < -0.3 is 15.3 Å². The van der Waals surface area contributed by atoms with Gasteiger partial charge in [-0.05, 0) is 28.1 Å². The highest BCUT2D eigenvalue weighted by Crippen LogP contribution is 2.29. The zero-order valence-electron chi connectivity index (χ0n) is 7.95. The van der Waals surface area contributed by atoms with E-state index in [2.05, 4.69) is 15.9 Å². The van der Waals surface area contributed by atoms with E-state index in [9.17, 15) is 4.79 Å². The molecular weight excluding hydrogens is 250 g/mol. The monoisotopic (exact) mass is 261 g/mol. The van der Waals surface area contributed by atoms with E-state index in [4.69, 9.17) is 15.3 Å². The van der Waals surface area contributed by atoms with E-state index in [0.717, 1.165) is 0 Å². The van der Waals surface area contributed by atoms with E-state index in [1.807, 2.05) is 0 Å². The van der Waals surface area contributed by atoms with Gasteiger partial charge in [-0.2, -0.15) is 0 Å². The third kappa shape index (κ3) is 1.99. The molecule has 5 heteroatoms. The fourth-order valence-corrected chi connectivity index (χ4v) is 1.43. The Kier molecular flexibility index (Phi) is 3.01. The van der Waals surface area contributed by atoms with E-state index in [1.54, 1.807) is 26.0 Å². The summed E-state index contributed by atoms with van der Waals surface area (Å²) in [5, 5.41) is 8.81. The molecule has 0 fully saturated rings. The summed E-state index contributed by atoms with van der Waals surface area (Å²) in [6.07, 6.45) is 0. The van der Waals surface area contributed by atoms with Gasteiger partial charge in [-0.25, -0.2) is 0 Å². The van der Waals surface area contributed by atoms with Gasteiger partial charge in [0.25, 0.3) is 0 Å². The maximum Gasteiger partial charge on any atom is 0.321 e. The third-order valence-corrected chi connectivity index (χ3v) is 2.68. The third-order valence-electron chi connectivity index (χ3n) is 2.25. The van der Waals surface area contributed by atoms with Gasteiger partial charge in [-0.3, -0.25) is 4.79 Å². The maximum atomic E-state index is 10.7. The Labute approximate surface area is 90.2 Å². The second-order valence-electron chi connectivity index (χ2n) is 3.64. The Hall–Kier alpha value is -0.810. The minimum atomic E-state index is -1.04. The minimum absolute atomic E-state index is 0.555. The summed E-state index contributed by atoms with van der Waals surface area (Å²) in [4.78, 5) is 10.7. The predicted octanol–water partition coefficient (Wildman–Crippen LogP) is 1.73. The van der Waals surface area contributed by atoms with Crippen LogP contribution >= 0.6 is 15.9 Å². The molecule has 0 aliphatic heterocycles. The molecule has 1 rings (SSSR count). The molecule has 1 heterocycles. The Balaban J connectivity index is 3.01. The van der Waals surface area contributed by atoms with Gasteiger partial charge in [0, 0.05) is 5.41 Å². The molecule has 14 heavy (non-hydrogen) atoms. The van der Waals surface area contributed by atoms with E-state index in [0.29, 0.717) is 10.4 Å². The van der Waals surface area contributed by atoms with E-state index >= 15 is 0 Å². The first-order valence-electron chi connectivity index (χ1n) is 4.10. The molecule has 0 spiro atoms. The van der Waals surface area contributed by atoms with Gasteiger partial charge in [-0.15, -0.1) is 0 Å². The van der Waals surface area contributed by atoms with Crippen molar-refractivity contribution in [3.8, 4) is 0 Å². The van der Waals surface area contributed by atoms with Gasteiger partial charge in [0.2, 0.25) is 0 Å². The molecule has 1 aromatic heterocycles. The fraction of sp³-hybridized carbons (Fsp3) is 0.444. The van der Waals surface area contributed by atoms with Crippen molar-refractivity contribution in [1.82, 2.24) is 0 Å². The highest BCUT2D eigenvalue weighted by Gasteiger charge is 2.36. The normalized spacial score (nSPS) is 14.0. The minimum Gasteiger partial charge on any atom is -0.480 e. The van der Waals surface area contributed by atoms with E-state index in [-0.39, 0.29) is 0 Å². The van der Waals surface area contributed by atoms with Crippen LogP contribution in [0.1, 0.15) is 19.6 Å². The van der Waals surface area contributed by atoms with Crippen LogP contribution < -0.4 is 5.73 Å². The number of aliphatic carboxylic acids is 1. The smallest absolute Gasteiger partial charge is 0.321 e. The first-order chi connectivity index (χ1) is 6.35. The van der Waals surface area contributed by atoms with Crippen molar-refractivity contribution in [2.24, 2.45) is 5.73 Å². The lowest BCUT2D eigenvalue weighted by Crippen LogP contribution is -2.46. The lowest BCUT2D eigenvalue weighted by atomic mass is 9.82. The Morgan fingerprint density at radius 1 is 1.64 bits per heavy atom. The Bertz CT molecular complexity index is 346. The first-order valence-corrected chi connectivity index (χ1v) is 4.89. The van der Waals surface area contributed by atoms with Gasteiger partial charge in [0.1, 0.15) is 11.8 Å². The molecule has 0 amide bonds. The summed E-state index contributed by atoms with van der Waals surface area (Å²) in [5.74, 6) is -0.484. The van der Waals surface area contributed by atoms with Crippen molar-refractivity contribution < 1.29 is 14.3 Å². The van der Waals surface area contributed by atoms with Gasteiger partial charge in [0.15, 0.2) is 4.67 Å². The topological polar surface area (TPSA) is 76.5 Å². The van der Waals surface area contributed by atoms with Crippen LogP contribution in [-0.2, 0) is 10.2 Å². The molecule has 3 N–H and O–H groups in total. The zero-order chi connectivity index (χ0) is 10.9. The largest absolute Gasteiger partial charge is 0.480 e. The molecule has 0 radical (unpaired) electrons. The molecule has 0 saturated carbocycles. The number of carboxylic acids is 1. The summed E-state index contributed by atoms with van der Waals surface area (Å²) in [6, 6.07) is 2.44. The molecule has 0 aliphatic carbocycles. The lowest BCUT2D eigenvalue weighted by molar-refractivity contribution is -0.140. The predicted molar refractivity (Wildman–Crippen MR) is 55.0 cm³/mol. The molecule has 1 unspecified atom stereocenters. The van der Waals surface area contributed by atoms with Crippen LogP contribution in [0, 0.1) is 0 Å². The second-order valence-corrected chi connectivity index (χ2v) is 4.42. The molecule has 78 valence electrons. The van der Waals surface area contributed by atoms with Crippen LogP contribution in [0.4, 0.5) is 0 Å². The summed E-state index contributed by atoms with van der Waals surface area (Å²) in [7, 11) is 0. The average molecular weight is 262 g/mol. The highest BCUT2D eigenvalue weighted by atomic mass is 79.9. The lowest BCUT2D eigenvalue weighted by Gasteiger charge is -2.25.